The van der Waals surface area contributed by atoms with Crippen LogP contribution in [0.3, 0.4) is 0 Å². The van der Waals surface area contributed by atoms with E-state index in [9.17, 15) is 8.42 Å². The molecule has 4 nitrogen and oxygen atoms in total. The van der Waals surface area contributed by atoms with Crippen LogP contribution in [0.4, 0.5) is 0 Å². The molecule has 0 bridgehead atoms. The molecule has 0 aliphatic rings. The molecule has 0 spiro atoms. The van der Waals surface area contributed by atoms with E-state index in [0.717, 1.165) is 22.4 Å². The third-order valence-electron chi connectivity index (χ3n) is 3.86. The van der Waals surface area contributed by atoms with E-state index >= 15 is 0 Å². The molecule has 5 heteroatoms. The quantitative estimate of drug-likeness (QED) is 0.782. The Morgan fingerprint density at radius 1 is 1.13 bits per heavy atom. The van der Waals surface area contributed by atoms with Gasteiger partial charge in [0, 0.05) is 11.5 Å². The van der Waals surface area contributed by atoms with E-state index in [1.165, 1.54) is 0 Å². The van der Waals surface area contributed by atoms with Gasteiger partial charge in [-0.25, -0.2) is 0 Å². The van der Waals surface area contributed by atoms with Crippen molar-refractivity contribution in [2.45, 2.75) is 25.7 Å². The molecule has 1 atom stereocenters. The van der Waals surface area contributed by atoms with Crippen molar-refractivity contribution in [1.82, 2.24) is 0 Å². The summed E-state index contributed by atoms with van der Waals surface area (Å²) in [6.07, 6.45) is 0.999. The van der Waals surface area contributed by atoms with Crippen LogP contribution in [0.15, 0.2) is 48.5 Å². The highest BCUT2D eigenvalue weighted by atomic mass is 32.2. The Balaban J connectivity index is 2.36. The lowest BCUT2D eigenvalue weighted by atomic mass is 9.86. The second-order valence-electron chi connectivity index (χ2n) is 5.64. The normalized spacial score (nSPS) is 12.8. The van der Waals surface area contributed by atoms with Gasteiger partial charge in [-0.15, -0.1) is 0 Å². The first-order valence-electron chi connectivity index (χ1n) is 7.55. The molecule has 0 aliphatic carbocycles. The summed E-state index contributed by atoms with van der Waals surface area (Å²) in [7, 11) is -2.31. The average molecular weight is 334 g/mol. The van der Waals surface area contributed by atoms with E-state index in [1.807, 2.05) is 49.4 Å². The Kier molecular flexibility index (Phi) is 5.80. The summed E-state index contributed by atoms with van der Waals surface area (Å²) >= 11 is 0. The van der Waals surface area contributed by atoms with E-state index in [4.69, 9.17) is 9.29 Å². The Morgan fingerprint density at radius 3 is 2.43 bits per heavy atom. The number of ether oxygens (including phenoxy) is 1. The maximum Gasteiger partial charge on any atom is 0.264 e. The van der Waals surface area contributed by atoms with Gasteiger partial charge in [-0.1, -0.05) is 48.0 Å². The topological polar surface area (TPSA) is 63.6 Å². The number of hydrogen-bond donors (Lipinski definition) is 1. The smallest absolute Gasteiger partial charge is 0.264 e. The number of hydrogen-bond acceptors (Lipinski definition) is 3. The van der Waals surface area contributed by atoms with E-state index < -0.39 is 10.1 Å². The van der Waals surface area contributed by atoms with Gasteiger partial charge in [0.1, 0.15) is 5.75 Å². The zero-order valence-electron chi connectivity index (χ0n) is 13.4. The van der Waals surface area contributed by atoms with Crippen LogP contribution in [-0.4, -0.2) is 25.8 Å². The summed E-state index contributed by atoms with van der Waals surface area (Å²) in [6.45, 7) is 2.02. The maximum atomic E-state index is 11.0. The van der Waals surface area contributed by atoms with Crippen molar-refractivity contribution >= 4 is 10.1 Å². The molecule has 2 rings (SSSR count). The molecular weight excluding hydrogens is 312 g/mol. The highest BCUT2D eigenvalue weighted by Gasteiger charge is 2.19. The molecule has 0 saturated carbocycles. The van der Waals surface area contributed by atoms with Gasteiger partial charge in [-0.05, 0) is 31.4 Å². The predicted octanol–water partition coefficient (Wildman–Crippen LogP) is 3.80. The SMILES string of the molecule is COc1ccc(C)cc1C(CCCS(=O)(=O)O)c1ccccc1. The zero-order chi connectivity index (χ0) is 16.9. The van der Waals surface area contributed by atoms with E-state index in [1.54, 1.807) is 7.11 Å². The molecule has 2 aromatic rings. The molecule has 124 valence electrons. The van der Waals surface area contributed by atoms with Crippen LogP contribution in [0.25, 0.3) is 0 Å². The molecule has 0 amide bonds. The Hall–Kier alpha value is -1.85. The van der Waals surface area contributed by atoms with Crippen molar-refractivity contribution in [2.24, 2.45) is 0 Å². The fraction of sp³-hybridized carbons (Fsp3) is 0.333. The lowest BCUT2D eigenvalue weighted by Gasteiger charge is -2.21. The van der Waals surface area contributed by atoms with Crippen molar-refractivity contribution in [3.05, 3.63) is 65.2 Å². The Morgan fingerprint density at radius 2 is 1.83 bits per heavy atom. The van der Waals surface area contributed by atoms with Crippen molar-refractivity contribution in [3.8, 4) is 5.75 Å². The van der Waals surface area contributed by atoms with Crippen molar-refractivity contribution in [1.29, 1.82) is 0 Å². The Bertz CT molecular complexity index is 739. The summed E-state index contributed by atoms with van der Waals surface area (Å²) in [5.41, 5.74) is 3.26. The minimum Gasteiger partial charge on any atom is -0.496 e. The minimum atomic E-state index is -3.94. The fourth-order valence-electron chi connectivity index (χ4n) is 2.78. The standard InChI is InChI=1S/C18H22O4S/c1-14-10-11-18(22-2)17(13-14)16(9-6-12-23(19,20)21)15-7-4-3-5-8-15/h3-5,7-8,10-11,13,16H,6,9,12H2,1-2H3,(H,19,20,21). The third kappa shape index (κ3) is 5.08. The molecule has 0 aliphatic heterocycles. The molecule has 1 unspecified atom stereocenters. The number of aryl methyl sites for hydroxylation is 1. The van der Waals surface area contributed by atoms with Gasteiger partial charge in [0.15, 0.2) is 0 Å². The molecule has 0 fully saturated rings. The lowest BCUT2D eigenvalue weighted by Crippen LogP contribution is -2.09. The first kappa shape index (κ1) is 17.5. The summed E-state index contributed by atoms with van der Waals surface area (Å²) < 4.78 is 36.4. The van der Waals surface area contributed by atoms with Crippen LogP contribution in [0.5, 0.6) is 5.75 Å². The van der Waals surface area contributed by atoms with Crippen molar-refractivity contribution in [2.75, 3.05) is 12.9 Å². The summed E-state index contributed by atoms with van der Waals surface area (Å²) in [6, 6.07) is 15.9. The van der Waals surface area contributed by atoms with Crippen LogP contribution < -0.4 is 4.74 Å². The van der Waals surface area contributed by atoms with Crippen LogP contribution >= 0.6 is 0 Å². The summed E-state index contributed by atoms with van der Waals surface area (Å²) in [5.74, 6) is 0.578. The van der Waals surface area contributed by atoms with E-state index in [2.05, 4.69) is 6.07 Å². The minimum absolute atomic E-state index is 0.0211. The average Bonchev–Trinajstić information content (AvgIpc) is 2.51. The van der Waals surface area contributed by atoms with Crippen LogP contribution in [0.1, 0.15) is 35.4 Å². The molecule has 0 saturated heterocycles. The highest BCUT2D eigenvalue weighted by Crippen LogP contribution is 2.35. The molecule has 23 heavy (non-hydrogen) atoms. The number of methoxy groups -OCH3 is 1. The zero-order valence-corrected chi connectivity index (χ0v) is 14.2. The van der Waals surface area contributed by atoms with Crippen molar-refractivity contribution < 1.29 is 17.7 Å². The Labute approximate surface area is 137 Å². The molecule has 0 radical (unpaired) electrons. The lowest BCUT2D eigenvalue weighted by molar-refractivity contribution is 0.406. The number of benzene rings is 2. The van der Waals surface area contributed by atoms with Gasteiger partial charge in [0.05, 0.1) is 12.9 Å². The van der Waals surface area contributed by atoms with E-state index in [-0.39, 0.29) is 11.7 Å². The van der Waals surface area contributed by atoms with Crippen molar-refractivity contribution in [3.63, 3.8) is 0 Å². The fourth-order valence-corrected chi connectivity index (χ4v) is 3.31. The van der Waals surface area contributed by atoms with Crippen LogP contribution in [0, 0.1) is 6.92 Å². The summed E-state index contributed by atoms with van der Waals surface area (Å²) in [5, 5.41) is 0. The number of rotatable bonds is 7. The van der Waals surface area contributed by atoms with Gasteiger partial charge in [-0.3, -0.25) is 4.55 Å². The highest BCUT2D eigenvalue weighted by molar-refractivity contribution is 7.85. The largest absolute Gasteiger partial charge is 0.496 e. The van der Waals surface area contributed by atoms with E-state index in [0.29, 0.717) is 12.8 Å². The van der Waals surface area contributed by atoms with Gasteiger partial charge >= 0.3 is 0 Å². The first-order chi connectivity index (χ1) is 10.9. The summed E-state index contributed by atoms with van der Waals surface area (Å²) in [4.78, 5) is 0. The van der Waals surface area contributed by atoms with Crippen LogP contribution in [0.2, 0.25) is 0 Å². The third-order valence-corrected chi connectivity index (χ3v) is 4.66. The molecule has 0 heterocycles. The van der Waals surface area contributed by atoms with Gasteiger partial charge in [0.25, 0.3) is 10.1 Å². The van der Waals surface area contributed by atoms with Gasteiger partial charge < -0.3 is 4.74 Å². The maximum absolute atomic E-state index is 11.0. The molecule has 1 N–H and O–H groups in total. The second kappa shape index (κ2) is 7.62. The van der Waals surface area contributed by atoms with Gasteiger partial charge in [-0.2, -0.15) is 8.42 Å². The molecular formula is C18H22O4S. The molecule has 2 aromatic carbocycles. The monoisotopic (exact) mass is 334 g/mol. The first-order valence-corrected chi connectivity index (χ1v) is 9.16. The second-order valence-corrected chi connectivity index (χ2v) is 7.21. The predicted molar refractivity (Wildman–Crippen MR) is 91.7 cm³/mol. The van der Waals surface area contributed by atoms with Gasteiger partial charge in [0.2, 0.25) is 0 Å². The van der Waals surface area contributed by atoms with Crippen LogP contribution in [-0.2, 0) is 10.1 Å². The molecule has 0 aromatic heterocycles.